The lowest BCUT2D eigenvalue weighted by Crippen LogP contribution is -2.54. The van der Waals surface area contributed by atoms with Crippen molar-refractivity contribution in [3.63, 3.8) is 0 Å². The molecule has 0 bridgehead atoms. The van der Waals surface area contributed by atoms with Gasteiger partial charge in [0.25, 0.3) is 0 Å². The fourth-order valence-corrected chi connectivity index (χ4v) is 12.6. The van der Waals surface area contributed by atoms with E-state index in [1.165, 1.54) is 24.6 Å². The van der Waals surface area contributed by atoms with E-state index in [2.05, 4.69) is 118 Å². The Morgan fingerprint density at radius 3 is 1.33 bits per heavy atom. The third-order valence-electron chi connectivity index (χ3n) is 14.4. The van der Waals surface area contributed by atoms with Crippen LogP contribution >= 0.6 is 0 Å². The third-order valence-corrected chi connectivity index (χ3v) is 17.9. The van der Waals surface area contributed by atoms with Crippen molar-refractivity contribution >= 4 is 71.3 Å². The highest BCUT2D eigenvalue weighted by Crippen LogP contribution is 2.47. The number of amides is 6. The average Bonchev–Trinajstić information content (AvgIpc) is 4.16. The minimum absolute atomic E-state index is 0.00630. The van der Waals surface area contributed by atoms with Crippen LogP contribution < -0.4 is 36.5 Å². The summed E-state index contributed by atoms with van der Waals surface area (Å²) in [6.45, 7) is 13.0. The van der Waals surface area contributed by atoms with Crippen molar-refractivity contribution in [3.05, 3.63) is 114 Å². The molecule has 3 heterocycles. The fraction of sp³-hybridized carbons (Fsp3) is 0.444. The van der Waals surface area contributed by atoms with Gasteiger partial charge < -0.3 is 45.4 Å². The van der Waals surface area contributed by atoms with Crippen LogP contribution in [0, 0.1) is 11.8 Å². The molecule has 3 saturated heterocycles. The van der Waals surface area contributed by atoms with Crippen molar-refractivity contribution < 1.29 is 38.2 Å². The molecule has 3 aliphatic heterocycles. The summed E-state index contributed by atoms with van der Waals surface area (Å²) in [4.78, 5) is 84.6. The van der Waals surface area contributed by atoms with E-state index in [0.717, 1.165) is 29.7 Å². The zero-order valence-corrected chi connectivity index (χ0v) is 42.7. The van der Waals surface area contributed by atoms with Gasteiger partial charge >= 0.3 is 12.2 Å². The first-order valence-corrected chi connectivity index (χ1v) is 27.6. The molecule has 372 valence electrons. The second kappa shape index (κ2) is 22.4. The van der Waals surface area contributed by atoms with Crippen molar-refractivity contribution in [2.45, 2.75) is 116 Å². The number of nitrogens with one attached hydrogen (secondary N) is 4. The van der Waals surface area contributed by atoms with E-state index in [1.807, 2.05) is 52.0 Å². The van der Waals surface area contributed by atoms with Crippen molar-refractivity contribution in [1.29, 1.82) is 0 Å². The molecule has 16 heteroatoms. The predicted molar refractivity (Wildman–Crippen MR) is 275 cm³/mol. The molecule has 6 amide bonds. The second-order valence-corrected chi connectivity index (χ2v) is 24.3. The maximum Gasteiger partial charge on any atom is 0.407 e. The number of alkyl carbamates (subject to hydrolysis) is 2. The zero-order chi connectivity index (χ0) is 50.3. The highest BCUT2D eigenvalue weighted by molar-refractivity contribution is 7.00. The SMILES string of the molecule is COC(=O)N[C@H](C(=O)N1CCC[C@H]1C(=O)Nc1ccc([C@@H]2CC[C@@H](c3ccc(NC(=O)[C@@H]4CCCN4C(=O)[C@@H](NC(=O)OC)C(C)C)cc3)N2c2ccc([Si](C)(C)c3ccccc3)cc2)cc1)C(C)C. The lowest BCUT2D eigenvalue weighted by atomic mass is 10.0. The number of rotatable bonds is 15. The Morgan fingerprint density at radius 1 is 0.543 bits per heavy atom. The number of hydrogen-bond donors (Lipinski definition) is 4. The summed E-state index contributed by atoms with van der Waals surface area (Å²) in [5.74, 6) is -1.57. The quantitative estimate of drug-likeness (QED) is 0.0897. The number of anilines is 3. The average molecular weight is 972 g/mol. The van der Waals surface area contributed by atoms with Crippen molar-refractivity contribution in [2.24, 2.45) is 11.8 Å². The summed E-state index contributed by atoms with van der Waals surface area (Å²) in [6, 6.07) is 32.7. The van der Waals surface area contributed by atoms with Crippen LogP contribution in [0.2, 0.25) is 13.1 Å². The molecule has 15 nitrogen and oxygen atoms in total. The van der Waals surface area contributed by atoms with Crippen molar-refractivity contribution in [2.75, 3.05) is 42.8 Å². The van der Waals surface area contributed by atoms with Gasteiger partial charge in [-0.15, -0.1) is 0 Å². The first-order chi connectivity index (χ1) is 33.5. The Morgan fingerprint density at radius 2 is 0.943 bits per heavy atom. The molecule has 0 saturated carbocycles. The van der Waals surface area contributed by atoms with Crippen LogP contribution in [0.5, 0.6) is 0 Å². The monoisotopic (exact) mass is 971 g/mol. The number of carbonyl (C=O) groups is 6. The summed E-state index contributed by atoms with van der Waals surface area (Å²) in [5, 5.41) is 14.1. The summed E-state index contributed by atoms with van der Waals surface area (Å²) >= 11 is 0. The van der Waals surface area contributed by atoms with Gasteiger partial charge in [-0.2, -0.15) is 0 Å². The minimum atomic E-state index is -1.97. The summed E-state index contributed by atoms with van der Waals surface area (Å²) in [6.07, 6.45) is 2.73. The van der Waals surface area contributed by atoms with E-state index in [-0.39, 0.29) is 47.5 Å². The van der Waals surface area contributed by atoms with E-state index < -0.39 is 44.4 Å². The Balaban J connectivity index is 1.09. The van der Waals surface area contributed by atoms with Crippen LogP contribution in [0.3, 0.4) is 0 Å². The van der Waals surface area contributed by atoms with Crippen molar-refractivity contribution in [3.8, 4) is 0 Å². The van der Waals surface area contributed by atoms with E-state index >= 15 is 0 Å². The fourth-order valence-electron chi connectivity index (χ4n) is 10.3. The Labute approximate surface area is 413 Å². The molecule has 4 N–H and O–H groups in total. The van der Waals surface area contributed by atoms with Crippen LogP contribution in [0.1, 0.15) is 89.4 Å². The molecule has 3 fully saturated rings. The van der Waals surface area contributed by atoms with Crippen molar-refractivity contribution in [1.82, 2.24) is 20.4 Å². The Hall–Kier alpha value is -6.68. The van der Waals surface area contributed by atoms with Gasteiger partial charge in [0.1, 0.15) is 32.2 Å². The molecule has 0 spiro atoms. The molecular weight excluding hydrogens is 903 g/mol. The number of benzene rings is 4. The molecule has 0 radical (unpaired) electrons. The number of hydrogen-bond acceptors (Lipinski definition) is 9. The number of nitrogens with zero attached hydrogens (tertiary/aromatic N) is 3. The van der Waals surface area contributed by atoms with Gasteiger partial charge in [-0.1, -0.05) is 118 Å². The Bertz CT molecular complexity index is 2360. The molecule has 0 aliphatic carbocycles. The zero-order valence-electron chi connectivity index (χ0n) is 41.7. The minimum Gasteiger partial charge on any atom is -0.453 e. The highest BCUT2D eigenvalue weighted by Gasteiger charge is 2.41. The molecule has 0 aromatic heterocycles. The molecule has 4 aromatic carbocycles. The number of carbonyl (C=O) groups excluding carboxylic acids is 6. The van der Waals surface area contributed by atoms with Gasteiger partial charge in [0.05, 0.1) is 26.3 Å². The van der Waals surface area contributed by atoms with Gasteiger partial charge in [-0.25, -0.2) is 9.59 Å². The van der Waals surface area contributed by atoms with E-state index in [4.69, 9.17) is 9.47 Å². The first-order valence-electron chi connectivity index (χ1n) is 24.6. The van der Waals surface area contributed by atoms with Crippen LogP contribution in [0.15, 0.2) is 103 Å². The maximum atomic E-state index is 13.8. The molecular formula is C54H69N7O8Si. The molecule has 7 rings (SSSR count). The summed E-state index contributed by atoms with van der Waals surface area (Å²) < 4.78 is 9.52. The lowest BCUT2D eigenvalue weighted by Gasteiger charge is -2.34. The Kier molecular flexibility index (Phi) is 16.4. The van der Waals surface area contributed by atoms with Crippen LogP contribution in [0.4, 0.5) is 26.7 Å². The van der Waals surface area contributed by atoms with E-state index in [1.54, 1.807) is 9.80 Å². The van der Waals surface area contributed by atoms with Gasteiger partial charge in [-0.05, 0) is 97.9 Å². The largest absolute Gasteiger partial charge is 0.453 e. The highest BCUT2D eigenvalue weighted by atomic mass is 28.3. The number of methoxy groups -OCH3 is 2. The number of ether oxygens (including phenoxy) is 2. The van der Waals surface area contributed by atoms with Crippen LogP contribution in [-0.2, 0) is 28.7 Å². The van der Waals surface area contributed by atoms with E-state index in [9.17, 15) is 28.8 Å². The normalized spacial score (nSPS) is 19.9. The van der Waals surface area contributed by atoms with Crippen LogP contribution in [-0.4, -0.2) is 105 Å². The molecule has 6 atom stereocenters. The maximum absolute atomic E-state index is 13.8. The predicted octanol–water partition coefficient (Wildman–Crippen LogP) is 7.21. The van der Waals surface area contributed by atoms with Crippen LogP contribution in [0.25, 0.3) is 0 Å². The summed E-state index contributed by atoms with van der Waals surface area (Å²) in [7, 11) is 0.533. The second-order valence-electron chi connectivity index (χ2n) is 19.9. The van der Waals surface area contributed by atoms with E-state index in [0.29, 0.717) is 50.1 Å². The standard InChI is InChI=1S/C54H69N7O8Si/c1-34(2)47(57-53(66)68-5)51(64)59-32-12-16-45(59)49(62)55-38-22-18-36(19-23-38)43-30-31-44(61(43)40-26-28-42(29-27-40)70(7,8)41-14-10-9-11-15-41)37-20-24-39(25-21-37)56-50(63)46-17-13-33-60(46)52(65)48(35(3)4)58-54(67)69-6/h9-11,14-15,18-29,34-35,43-48H,12-13,16-17,30-33H2,1-8H3,(H,55,62)(H,56,63)(H,57,66)(H,58,67)/t43-,44-,45-,46-,47-,48-/m0/s1. The molecule has 0 unspecified atom stereocenters. The summed E-state index contributed by atoms with van der Waals surface area (Å²) in [5.41, 5.74) is 4.52. The van der Waals surface area contributed by atoms with Gasteiger partial charge in [0.15, 0.2) is 0 Å². The molecule has 70 heavy (non-hydrogen) atoms. The van der Waals surface area contributed by atoms with Gasteiger partial charge in [0, 0.05) is 30.2 Å². The lowest BCUT2D eigenvalue weighted by molar-refractivity contribution is -0.139. The van der Waals surface area contributed by atoms with Gasteiger partial charge in [-0.3, -0.25) is 19.2 Å². The number of likely N-dealkylation sites (tertiary alicyclic amines) is 2. The first kappa shape index (κ1) is 51.2. The third kappa shape index (κ3) is 11.3. The van der Waals surface area contributed by atoms with Gasteiger partial charge in [0.2, 0.25) is 23.6 Å². The topological polar surface area (TPSA) is 179 Å². The smallest absolute Gasteiger partial charge is 0.407 e. The molecule has 4 aromatic rings. The molecule has 3 aliphatic rings.